The fourth-order valence-corrected chi connectivity index (χ4v) is 1.99. The molecule has 1 aromatic heterocycles. The highest BCUT2D eigenvalue weighted by molar-refractivity contribution is 6.36. The van der Waals surface area contributed by atoms with Crippen LogP contribution in [0.3, 0.4) is 0 Å². The van der Waals surface area contributed by atoms with E-state index in [9.17, 15) is 0 Å². The zero-order valence-corrected chi connectivity index (χ0v) is 10.3. The van der Waals surface area contributed by atoms with Gasteiger partial charge in [0.15, 0.2) is 0 Å². The molecule has 2 aromatic rings. The van der Waals surface area contributed by atoms with Crippen molar-refractivity contribution < 1.29 is 0 Å². The van der Waals surface area contributed by atoms with Crippen LogP contribution in [0.1, 0.15) is 11.1 Å². The molecule has 2 rings (SSSR count). The largest absolute Gasteiger partial charge is 0.383 e. The summed E-state index contributed by atoms with van der Waals surface area (Å²) < 4.78 is 0. The van der Waals surface area contributed by atoms with Crippen LogP contribution >= 0.6 is 23.2 Å². The average molecular weight is 269 g/mol. The van der Waals surface area contributed by atoms with Crippen LogP contribution in [0.25, 0.3) is 0 Å². The number of anilines is 2. The Morgan fingerprint density at radius 3 is 2.35 bits per heavy atom. The molecule has 0 fully saturated rings. The molecule has 4 nitrogen and oxygen atoms in total. The van der Waals surface area contributed by atoms with Crippen molar-refractivity contribution in [2.75, 3.05) is 11.5 Å². The third-order valence-corrected chi connectivity index (χ3v) is 3.05. The van der Waals surface area contributed by atoms with E-state index >= 15 is 0 Å². The molecule has 0 saturated heterocycles. The molecule has 1 heterocycles. The molecule has 0 spiro atoms. The Bertz CT molecular complexity index is 537. The van der Waals surface area contributed by atoms with Crippen molar-refractivity contribution in [2.45, 2.75) is 6.42 Å². The minimum absolute atomic E-state index is 0.150. The molecule has 0 atom stereocenters. The van der Waals surface area contributed by atoms with Gasteiger partial charge in [0.2, 0.25) is 5.95 Å². The highest BCUT2D eigenvalue weighted by Gasteiger charge is 2.09. The van der Waals surface area contributed by atoms with Gasteiger partial charge < -0.3 is 11.5 Å². The lowest BCUT2D eigenvalue weighted by Gasteiger charge is -2.08. The average Bonchev–Trinajstić information content (AvgIpc) is 2.26. The molecule has 88 valence electrons. The van der Waals surface area contributed by atoms with E-state index in [0.717, 1.165) is 11.1 Å². The fraction of sp³-hybridized carbons (Fsp3) is 0.0909. The zero-order chi connectivity index (χ0) is 12.4. The molecule has 4 N–H and O–H groups in total. The molecule has 0 unspecified atom stereocenters. The number of nitrogens with zero attached hydrogens (tertiary/aromatic N) is 2. The van der Waals surface area contributed by atoms with Gasteiger partial charge in [-0.15, -0.1) is 0 Å². The van der Waals surface area contributed by atoms with Crippen LogP contribution in [0.15, 0.2) is 24.4 Å². The highest BCUT2D eigenvalue weighted by Crippen LogP contribution is 2.27. The van der Waals surface area contributed by atoms with Gasteiger partial charge in [-0.25, -0.2) is 4.98 Å². The van der Waals surface area contributed by atoms with E-state index in [-0.39, 0.29) is 5.95 Å². The number of benzene rings is 1. The second-order valence-electron chi connectivity index (χ2n) is 3.52. The van der Waals surface area contributed by atoms with Crippen molar-refractivity contribution in [2.24, 2.45) is 0 Å². The summed E-state index contributed by atoms with van der Waals surface area (Å²) in [4.78, 5) is 7.78. The molecule has 1 aromatic carbocycles. The van der Waals surface area contributed by atoms with Crippen molar-refractivity contribution in [1.29, 1.82) is 0 Å². The van der Waals surface area contributed by atoms with Gasteiger partial charge in [-0.1, -0.05) is 29.3 Å². The number of hydrogen-bond acceptors (Lipinski definition) is 4. The number of hydrogen-bond donors (Lipinski definition) is 2. The van der Waals surface area contributed by atoms with Gasteiger partial charge in [0.05, 0.1) is 0 Å². The lowest BCUT2D eigenvalue weighted by atomic mass is 10.1. The minimum atomic E-state index is 0.150. The van der Waals surface area contributed by atoms with Crippen LogP contribution in [0, 0.1) is 0 Å². The predicted molar refractivity (Wildman–Crippen MR) is 70.1 cm³/mol. The van der Waals surface area contributed by atoms with Gasteiger partial charge in [-0.3, -0.25) is 0 Å². The summed E-state index contributed by atoms with van der Waals surface area (Å²) in [5.74, 6) is 0.491. The normalized spacial score (nSPS) is 10.5. The first kappa shape index (κ1) is 12.0. The Morgan fingerprint density at radius 1 is 1.12 bits per heavy atom. The summed E-state index contributed by atoms with van der Waals surface area (Å²) in [7, 11) is 0. The van der Waals surface area contributed by atoms with Crippen LogP contribution in [0.2, 0.25) is 10.0 Å². The van der Waals surface area contributed by atoms with Crippen molar-refractivity contribution in [3.8, 4) is 0 Å². The third-order valence-electron chi connectivity index (χ3n) is 2.35. The van der Waals surface area contributed by atoms with Gasteiger partial charge in [0.25, 0.3) is 0 Å². The third kappa shape index (κ3) is 2.60. The van der Waals surface area contributed by atoms with Crippen LogP contribution < -0.4 is 11.5 Å². The van der Waals surface area contributed by atoms with E-state index in [1.165, 1.54) is 0 Å². The maximum absolute atomic E-state index is 6.07. The minimum Gasteiger partial charge on any atom is -0.383 e. The Hall–Kier alpha value is -1.52. The molecule has 0 aliphatic rings. The van der Waals surface area contributed by atoms with E-state index < -0.39 is 0 Å². The molecule has 0 bridgehead atoms. The zero-order valence-electron chi connectivity index (χ0n) is 8.82. The van der Waals surface area contributed by atoms with Crippen molar-refractivity contribution in [3.63, 3.8) is 0 Å². The number of halogens is 2. The number of rotatable bonds is 2. The molecule has 0 aliphatic heterocycles. The van der Waals surface area contributed by atoms with Crippen LogP contribution in [0.5, 0.6) is 0 Å². The smallest absolute Gasteiger partial charge is 0.221 e. The summed E-state index contributed by atoms with van der Waals surface area (Å²) >= 11 is 12.1. The molecule has 0 saturated carbocycles. The summed E-state index contributed by atoms with van der Waals surface area (Å²) in [6, 6.07) is 5.34. The summed E-state index contributed by atoms with van der Waals surface area (Å²) in [6.07, 6.45) is 2.06. The first-order valence-corrected chi connectivity index (χ1v) is 5.63. The molecule has 17 heavy (non-hydrogen) atoms. The lowest BCUT2D eigenvalue weighted by Crippen LogP contribution is -2.04. The molecular formula is C11H10Cl2N4. The number of nitrogens with two attached hydrogens (primary N) is 2. The first-order valence-electron chi connectivity index (χ1n) is 4.87. The van der Waals surface area contributed by atoms with Crippen molar-refractivity contribution >= 4 is 35.0 Å². The fourth-order valence-electron chi connectivity index (χ4n) is 1.46. The van der Waals surface area contributed by atoms with Gasteiger partial charge >= 0.3 is 0 Å². The van der Waals surface area contributed by atoms with E-state index in [0.29, 0.717) is 22.3 Å². The molecule has 0 radical (unpaired) electrons. The van der Waals surface area contributed by atoms with Crippen molar-refractivity contribution in [1.82, 2.24) is 9.97 Å². The lowest BCUT2D eigenvalue weighted by molar-refractivity contribution is 1.09. The molecule has 0 aliphatic carbocycles. The van der Waals surface area contributed by atoms with Gasteiger partial charge in [-0.05, 0) is 17.7 Å². The Kier molecular flexibility index (Phi) is 3.36. The van der Waals surface area contributed by atoms with E-state index in [2.05, 4.69) is 9.97 Å². The highest BCUT2D eigenvalue weighted by atomic mass is 35.5. The monoisotopic (exact) mass is 268 g/mol. The topological polar surface area (TPSA) is 77.8 Å². The maximum atomic E-state index is 6.07. The number of nitrogen functional groups attached to an aromatic ring is 2. The second kappa shape index (κ2) is 4.77. The quantitative estimate of drug-likeness (QED) is 0.878. The van der Waals surface area contributed by atoms with Gasteiger partial charge in [0.1, 0.15) is 5.82 Å². The second-order valence-corrected chi connectivity index (χ2v) is 4.33. The van der Waals surface area contributed by atoms with Crippen LogP contribution in [-0.4, -0.2) is 9.97 Å². The summed E-state index contributed by atoms with van der Waals surface area (Å²) in [6.45, 7) is 0. The Morgan fingerprint density at radius 2 is 1.76 bits per heavy atom. The summed E-state index contributed by atoms with van der Waals surface area (Å²) in [5, 5.41) is 1.18. The SMILES string of the molecule is Nc1ncc(Cc2c(Cl)cccc2Cl)c(N)n1. The Labute approximate surface area is 109 Å². The van der Waals surface area contributed by atoms with E-state index in [4.69, 9.17) is 34.7 Å². The first-order chi connectivity index (χ1) is 8.08. The molecule has 6 heteroatoms. The standard InChI is InChI=1S/C11H10Cl2N4/c12-8-2-1-3-9(13)7(8)4-6-5-16-11(15)17-10(6)14/h1-3,5H,4H2,(H4,14,15,16,17). The van der Waals surface area contributed by atoms with E-state index in [1.54, 1.807) is 24.4 Å². The van der Waals surface area contributed by atoms with Crippen molar-refractivity contribution in [3.05, 3.63) is 45.6 Å². The van der Waals surface area contributed by atoms with Crippen LogP contribution in [0.4, 0.5) is 11.8 Å². The van der Waals surface area contributed by atoms with Gasteiger partial charge in [-0.2, -0.15) is 4.98 Å². The molecule has 0 amide bonds. The summed E-state index contributed by atoms with van der Waals surface area (Å²) in [5.41, 5.74) is 12.7. The van der Waals surface area contributed by atoms with Crippen LogP contribution in [-0.2, 0) is 6.42 Å². The predicted octanol–water partition coefficient (Wildman–Crippen LogP) is 2.54. The Balaban J connectivity index is 2.38. The van der Waals surface area contributed by atoms with Gasteiger partial charge in [0, 0.05) is 28.2 Å². The maximum Gasteiger partial charge on any atom is 0.221 e. The number of aromatic nitrogens is 2. The van der Waals surface area contributed by atoms with E-state index in [1.807, 2.05) is 0 Å². The molecular weight excluding hydrogens is 259 g/mol.